The summed E-state index contributed by atoms with van der Waals surface area (Å²) in [7, 11) is 0. The molecule has 0 fully saturated rings. The highest BCUT2D eigenvalue weighted by molar-refractivity contribution is 5.92. The van der Waals surface area contributed by atoms with Crippen LogP contribution >= 0.6 is 0 Å². The topological polar surface area (TPSA) is 94.0 Å². The van der Waals surface area contributed by atoms with E-state index in [1.807, 2.05) is 6.92 Å². The lowest BCUT2D eigenvalue weighted by Crippen LogP contribution is -2.34. The van der Waals surface area contributed by atoms with E-state index in [2.05, 4.69) is 15.5 Å². The smallest absolute Gasteiger partial charge is 0.322 e. The van der Waals surface area contributed by atoms with Crippen LogP contribution in [0.15, 0.2) is 4.42 Å². The molecule has 0 saturated carbocycles. The highest BCUT2D eigenvalue weighted by atomic mass is 16.4. The molecule has 0 aromatic carbocycles. The predicted molar refractivity (Wildman–Crippen MR) is 45.9 cm³/mol. The van der Waals surface area contributed by atoms with Crippen molar-refractivity contribution in [2.24, 2.45) is 5.73 Å². The Hall–Kier alpha value is -1.43. The number of amides is 1. The summed E-state index contributed by atoms with van der Waals surface area (Å²) in [5, 5.41) is 9.56. The number of aryl methyl sites for hydroxylation is 1. The van der Waals surface area contributed by atoms with Crippen molar-refractivity contribution in [3.05, 3.63) is 5.89 Å². The highest BCUT2D eigenvalue weighted by Crippen LogP contribution is 2.04. The Bertz CT molecular complexity index is 296. The number of carbonyl (C=O) groups is 1. The predicted octanol–water partition coefficient (Wildman–Crippen LogP) is 0.0538. The molecule has 6 heteroatoms. The van der Waals surface area contributed by atoms with E-state index in [-0.39, 0.29) is 11.9 Å². The fourth-order valence-electron chi connectivity index (χ4n) is 0.731. The molecule has 0 radical (unpaired) electrons. The molecule has 0 saturated heterocycles. The van der Waals surface area contributed by atoms with Crippen molar-refractivity contribution >= 4 is 11.9 Å². The number of hydrogen-bond acceptors (Lipinski definition) is 5. The van der Waals surface area contributed by atoms with E-state index in [1.54, 1.807) is 6.92 Å². The Morgan fingerprint density at radius 2 is 2.38 bits per heavy atom. The van der Waals surface area contributed by atoms with Gasteiger partial charge in [0.05, 0.1) is 6.04 Å². The number of aromatic nitrogens is 2. The maximum absolute atomic E-state index is 11.2. The minimum Gasteiger partial charge on any atom is -0.408 e. The average molecular weight is 184 g/mol. The van der Waals surface area contributed by atoms with Crippen molar-refractivity contribution in [3.8, 4) is 0 Å². The minimum absolute atomic E-state index is 0.0893. The molecule has 0 spiro atoms. The average Bonchev–Trinajstić information content (AvgIpc) is 2.49. The molecule has 0 aliphatic carbocycles. The lowest BCUT2D eigenvalue weighted by Gasteiger charge is -2.05. The number of nitrogens with zero attached hydrogens (tertiary/aromatic N) is 2. The lowest BCUT2D eigenvalue weighted by atomic mass is 10.2. The van der Waals surface area contributed by atoms with Crippen LogP contribution in [-0.4, -0.2) is 22.1 Å². The first kappa shape index (κ1) is 9.66. The summed E-state index contributed by atoms with van der Waals surface area (Å²) < 4.78 is 4.94. The molecule has 72 valence electrons. The van der Waals surface area contributed by atoms with Gasteiger partial charge in [0.2, 0.25) is 11.8 Å². The third kappa shape index (κ3) is 2.51. The van der Waals surface area contributed by atoms with Gasteiger partial charge in [0.15, 0.2) is 0 Å². The number of rotatable bonds is 3. The van der Waals surface area contributed by atoms with Crippen LogP contribution in [0.3, 0.4) is 0 Å². The second-order valence-corrected chi connectivity index (χ2v) is 2.63. The van der Waals surface area contributed by atoms with E-state index in [0.717, 1.165) is 0 Å². The molecule has 1 unspecified atom stereocenters. The van der Waals surface area contributed by atoms with E-state index < -0.39 is 6.04 Å². The first-order valence-corrected chi connectivity index (χ1v) is 4.00. The third-order valence-electron chi connectivity index (χ3n) is 1.53. The monoisotopic (exact) mass is 184 g/mol. The Labute approximate surface area is 75.5 Å². The van der Waals surface area contributed by atoms with Crippen molar-refractivity contribution < 1.29 is 9.21 Å². The molecule has 0 bridgehead atoms. The van der Waals surface area contributed by atoms with E-state index in [9.17, 15) is 4.79 Å². The van der Waals surface area contributed by atoms with Crippen LogP contribution < -0.4 is 11.1 Å². The molecule has 1 aromatic heterocycles. The van der Waals surface area contributed by atoms with Gasteiger partial charge in [0.25, 0.3) is 0 Å². The first-order chi connectivity index (χ1) is 6.13. The quantitative estimate of drug-likeness (QED) is 0.692. The SMILES string of the molecule is CCC(N)C(=O)Nc1nnc(C)o1. The highest BCUT2D eigenvalue weighted by Gasteiger charge is 2.13. The third-order valence-corrected chi connectivity index (χ3v) is 1.53. The van der Waals surface area contributed by atoms with Gasteiger partial charge in [0, 0.05) is 6.92 Å². The van der Waals surface area contributed by atoms with Gasteiger partial charge in [-0.05, 0) is 6.42 Å². The first-order valence-electron chi connectivity index (χ1n) is 4.00. The fourth-order valence-corrected chi connectivity index (χ4v) is 0.731. The fraction of sp³-hybridized carbons (Fsp3) is 0.571. The summed E-state index contributed by atoms with van der Waals surface area (Å²) >= 11 is 0. The Morgan fingerprint density at radius 3 is 2.85 bits per heavy atom. The zero-order valence-electron chi connectivity index (χ0n) is 7.57. The summed E-state index contributed by atoms with van der Waals surface area (Å²) in [5.41, 5.74) is 5.47. The maximum atomic E-state index is 11.2. The van der Waals surface area contributed by atoms with Gasteiger partial charge in [-0.15, -0.1) is 5.10 Å². The Balaban J connectivity index is 2.54. The number of carbonyl (C=O) groups excluding carboxylic acids is 1. The standard InChI is InChI=1S/C7H12N4O2/c1-3-5(8)6(12)9-7-11-10-4(2)13-7/h5H,3,8H2,1-2H3,(H,9,11,12). The molecule has 1 atom stereocenters. The second-order valence-electron chi connectivity index (χ2n) is 2.63. The molecule has 0 aliphatic heterocycles. The summed E-state index contributed by atoms with van der Waals surface area (Å²) in [4.78, 5) is 11.2. The normalized spacial score (nSPS) is 12.5. The van der Waals surface area contributed by atoms with Gasteiger partial charge < -0.3 is 10.2 Å². The molecule has 6 nitrogen and oxygen atoms in total. The van der Waals surface area contributed by atoms with E-state index >= 15 is 0 Å². The molecule has 1 amide bonds. The largest absolute Gasteiger partial charge is 0.408 e. The van der Waals surface area contributed by atoms with Gasteiger partial charge in [-0.1, -0.05) is 12.0 Å². The molecule has 13 heavy (non-hydrogen) atoms. The van der Waals surface area contributed by atoms with Crippen LogP contribution in [0.4, 0.5) is 6.01 Å². The van der Waals surface area contributed by atoms with Crippen LogP contribution in [-0.2, 0) is 4.79 Å². The van der Waals surface area contributed by atoms with Crippen molar-refractivity contribution in [1.29, 1.82) is 0 Å². The Kier molecular flexibility index (Phi) is 2.97. The number of nitrogens with one attached hydrogen (secondary N) is 1. The molecule has 3 N–H and O–H groups in total. The molecule has 1 rings (SSSR count). The van der Waals surface area contributed by atoms with Gasteiger partial charge >= 0.3 is 6.01 Å². The number of nitrogens with two attached hydrogens (primary N) is 1. The zero-order chi connectivity index (χ0) is 9.84. The lowest BCUT2D eigenvalue weighted by molar-refractivity contribution is -0.117. The second kappa shape index (κ2) is 3.99. The maximum Gasteiger partial charge on any atom is 0.322 e. The molecule has 0 aliphatic rings. The van der Waals surface area contributed by atoms with Gasteiger partial charge in [-0.25, -0.2) is 0 Å². The van der Waals surface area contributed by atoms with Crippen LogP contribution in [0, 0.1) is 6.92 Å². The summed E-state index contributed by atoms with van der Waals surface area (Å²) in [6.07, 6.45) is 0.568. The van der Waals surface area contributed by atoms with E-state index in [1.165, 1.54) is 0 Å². The van der Waals surface area contributed by atoms with Gasteiger partial charge in [-0.2, -0.15) is 0 Å². The summed E-state index contributed by atoms with van der Waals surface area (Å²) in [6, 6.07) is -0.446. The van der Waals surface area contributed by atoms with Crippen LogP contribution in [0.5, 0.6) is 0 Å². The van der Waals surface area contributed by atoms with Crippen molar-refractivity contribution in [1.82, 2.24) is 10.2 Å². The van der Waals surface area contributed by atoms with Gasteiger partial charge in [-0.3, -0.25) is 10.1 Å². The van der Waals surface area contributed by atoms with Crippen LogP contribution in [0.1, 0.15) is 19.2 Å². The van der Waals surface area contributed by atoms with Crippen molar-refractivity contribution in [2.45, 2.75) is 26.3 Å². The molecular weight excluding hydrogens is 172 g/mol. The molecule has 1 aromatic rings. The van der Waals surface area contributed by atoms with E-state index in [4.69, 9.17) is 10.2 Å². The molecule has 1 heterocycles. The number of hydrogen-bond donors (Lipinski definition) is 2. The number of anilines is 1. The Morgan fingerprint density at radius 1 is 1.69 bits per heavy atom. The van der Waals surface area contributed by atoms with E-state index in [0.29, 0.717) is 12.3 Å². The summed E-state index contributed by atoms with van der Waals surface area (Å²) in [5.74, 6) is 0.0894. The zero-order valence-corrected chi connectivity index (χ0v) is 7.57. The van der Waals surface area contributed by atoms with Crippen LogP contribution in [0.25, 0.3) is 0 Å². The summed E-state index contributed by atoms with van der Waals surface area (Å²) in [6.45, 7) is 3.46. The minimum atomic E-state index is -0.535. The van der Waals surface area contributed by atoms with Gasteiger partial charge in [0.1, 0.15) is 0 Å². The molecular formula is C7H12N4O2. The van der Waals surface area contributed by atoms with Crippen molar-refractivity contribution in [3.63, 3.8) is 0 Å². The van der Waals surface area contributed by atoms with Crippen molar-refractivity contribution in [2.75, 3.05) is 5.32 Å². The van der Waals surface area contributed by atoms with Crippen LogP contribution in [0.2, 0.25) is 0 Å².